The van der Waals surface area contributed by atoms with Crippen molar-refractivity contribution in [3.63, 3.8) is 0 Å². The van der Waals surface area contributed by atoms with E-state index in [0.29, 0.717) is 36.6 Å². The maximum Gasteiger partial charge on any atom is 0.407 e. The lowest BCUT2D eigenvalue weighted by molar-refractivity contribution is -0.0314. The molecule has 3 aliphatic rings. The molecule has 236 valence electrons. The predicted octanol–water partition coefficient (Wildman–Crippen LogP) is 5.23. The van der Waals surface area contributed by atoms with Gasteiger partial charge in [-0.05, 0) is 102 Å². The van der Waals surface area contributed by atoms with E-state index in [1.54, 1.807) is 7.11 Å². The lowest BCUT2D eigenvalue weighted by Gasteiger charge is -2.40. The van der Waals surface area contributed by atoms with E-state index < -0.39 is 5.60 Å². The van der Waals surface area contributed by atoms with Crippen molar-refractivity contribution in [3.05, 3.63) is 35.9 Å². The Balaban J connectivity index is 1.10. The molecule has 0 atom stereocenters. The molecule has 0 radical (unpaired) electrons. The summed E-state index contributed by atoms with van der Waals surface area (Å²) < 4.78 is 10.8. The third-order valence-corrected chi connectivity index (χ3v) is 9.45. The smallest absolute Gasteiger partial charge is 0.407 e. The molecular formula is C34H51N5O4. The SMILES string of the molecule is COC1CN(CCC2CCN(c3cc(C(=O)NCC4CCC(CNC(=O)OC(C)(C)C)CC4)c4ccccc4n3)CC2)C1. The number of amides is 2. The van der Waals surface area contributed by atoms with E-state index >= 15 is 0 Å². The Morgan fingerprint density at radius 2 is 1.58 bits per heavy atom. The number of pyridine rings is 1. The average Bonchev–Trinajstić information content (AvgIpc) is 2.97. The van der Waals surface area contributed by atoms with Gasteiger partial charge in [-0.25, -0.2) is 9.78 Å². The van der Waals surface area contributed by atoms with Crippen LogP contribution in [0.4, 0.5) is 10.6 Å². The van der Waals surface area contributed by atoms with Crippen molar-refractivity contribution in [2.75, 3.05) is 57.8 Å². The van der Waals surface area contributed by atoms with Gasteiger partial charge in [-0.15, -0.1) is 0 Å². The van der Waals surface area contributed by atoms with E-state index in [1.165, 1.54) is 6.42 Å². The normalized spacial score (nSPS) is 22.3. The number of likely N-dealkylation sites (tertiary alicyclic amines) is 1. The quantitative estimate of drug-likeness (QED) is 0.389. The molecule has 2 aromatic rings. The number of hydrogen-bond donors (Lipinski definition) is 2. The second-order valence-corrected chi connectivity index (χ2v) is 13.9. The first-order chi connectivity index (χ1) is 20.7. The monoisotopic (exact) mass is 593 g/mol. The van der Waals surface area contributed by atoms with Crippen molar-refractivity contribution in [2.24, 2.45) is 17.8 Å². The van der Waals surface area contributed by atoms with Gasteiger partial charge in [-0.3, -0.25) is 9.69 Å². The van der Waals surface area contributed by atoms with Crippen molar-refractivity contribution in [2.45, 2.75) is 77.4 Å². The Bertz CT molecular complexity index is 1230. The van der Waals surface area contributed by atoms with Gasteiger partial charge in [-0.1, -0.05) is 18.2 Å². The summed E-state index contributed by atoms with van der Waals surface area (Å²) in [5, 5.41) is 7.07. The number of nitrogens with zero attached hydrogens (tertiary/aromatic N) is 3. The first-order valence-corrected chi connectivity index (χ1v) is 16.3. The minimum Gasteiger partial charge on any atom is -0.444 e. The first kappa shape index (κ1) is 31.5. The van der Waals surface area contributed by atoms with Crippen LogP contribution in [0, 0.1) is 17.8 Å². The number of rotatable bonds is 10. The second kappa shape index (κ2) is 14.2. The zero-order valence-corrected chi connectivity index (χ0v) is 26.6. The summed E-state index contributed by atoms with van der Waals surface area (Å²) in [6, 6.07) is 9.98. The molecule has 43 heavy (non-hydrogen) atoms. The molecule has 2 N–H and O–H groups in total. The van der Waals surface area contributed by atoms with Gasteiger partial charge in [0, 0.05) is 51.8 Å². The van der Waals surface area contributed by atoms with Crippen molar-refractivity contribution in [1.82, 2.24) is 20.5 Å². The Hall–Kier alpha value is -2.91. The van der Waals surface area contributed by atoms with Gasteiger partial charge in [0.15, 0.2) is 0 Å². The molecule has 0 spiro atoms. The number of fused-ring (bicyclic) bond motifs is 1. The fourth-order valence-corrected chi connectivity index (χ4v) is 6.70. The van der Waals surface area contributed by atoms with Crippen molar-refractivity contribution in [1.29, 1.82) is 0 Å². The highest BCUT2D eigenvalue weighted by Crippen LogP contribution is 2.30. The van der Waals surface area contributed by atoms with E-state index in [0.717, 1.165) is 93.9 Å². The number of anilines is 1. The van der Waals surface area contributed by atoms with Gasteiger partial charge in [0.2, 0.25) is 0 Å². The minimum absolute atomic E-state index is 0.0210. The average molecular weight is 594 g/mol. The van der Waals surface area contributed by atoms with Crippen LogP contribution in [0.5, 0.6) is 0 Å². The molecule has 3 fully saturated rings. The zero-order valence-electron chi connectivity index (χ0n) is 26.6. The van der Waals surface area contributed by atoms with Gasteiger partial charge in [-0.2, -0.15) is 0 Å². The number of piperidine rings is 1. The molecule has 0 bridgehead atoms. The van der Waals surface area contributed by atoms with E-state index in [9.17, 15) is 9.59 Å². The standard InChI is InChI=1S/C34H51N5O4/c1-34(2,3)43-33(41)36-21-26-11-9-25(10-12-26)20-35-32(40)29-19-31(37-30-8-6-5-7-28(29)30)39-17-14-24(15-18-39)13-16-38-22-27(23-38)42-4/h5-8,19,24-27H,9-18,20-23H2,1-4H3,(H,35,40)(H,36,41). The molecule has 2 saturated heterocycles. The molecule has 1 aromatic heterocycles. The number of benzene rings is 1. The van der Waals surface area contributed by atoms with Crippen LogP contribution in [0.25, 0.3) is 10.9 Å². The van der Waals surface area contributed by atoms with Crippen LogP contribution in [0.3, 0.4) is 0 Å². The highest BCUT2D eigenvalue weighted by molar-refractivity contribution is 6.07. The molecule has 1 saturated carbocycles. The van der Waals surface area contributed by atoms with Crippen LogP contribution in [0.15, 0.2) is 30.3 Å². The summed E-state index contributed by atoms with van der Waals surface area (Å²) in [5.41, 5.74) is 1.10. The van der Waals surface area contributed by atoms with E-state index in [-0.39, 0.29) is 12.0 Å². The zero-order chi connectivity index (χ0) is 30.4. The third kappa shape index (κ3) is 8.82. The topological polar surface area (TPSA) is 96.0 Å². The lowest BCUT2D eigenvalue weighted by Crippen LogP contribution is -2.52. The number of carbonyl (C=O) groups excluding carboxylic acids is 2. The number of nitrogens with one attached hydrogen (secondary N) is 2. The van der Waals surface area contributed by atoms with Crippen LogP contribution < -0.4 is 15.5 Å². The number of para-hydroxylation sites is 1. The Labute approximate surface area is 257 Å². The van der Waals surface area contributed by atoms with Gasteiger partial charge in [0.25, 0.3) is 5.91 Å². The molecular weight excluding hydrogens is 542 g/mol. The fourth-order valence-electron chi connectivity index (χ4n) is 6.70. The molecule has 2 amide bonds. The van der Waals surface area contributed by atoms with Crippen LogP contribution in [0.1, 0.15) is 76.1 Å². The summed E-state index contributed by atoms with van der Waals surface area (Å²) in [4.78, 5) is 35.4. The molecule has 5 rings (SSSR count). The number of ether oxygens (including phenoxy) is 2. The molecule has 0 unspecified atom stereocenters. The maximum absolute atomic E-state index is 13.5. The van der Waals surface area contributed by atoms with Crippen molar-refractivity contribution < 1.29 is 19.1 Å². The maximum atomic E-state index is 13.5. The Kier molecular flexibility index (Phi) is 10.4. The van der Waals surface area contributed by atoms with Crippen molar-refractivity contribution in [3.8, 4) is 0 Å². The van der Waals surface area contributed by atoms with Crippen LogP contribution >= 0.6 is 0 Å². The highest BCUT2D eigenvalue weighted by Gasteiger charge is 2.28. The lowest BCUT2D eigenvalue weighted by atomic mass is 9.82. The van der Waals surface area contributed by atoms with Gasteiger partial charge < -0.3 is 25.0 Å². The summed E-state index contributed by atoms with van der Waals surface area (Å²) in [5.74, 6) is 2.53. The molecule has 3 heterocycles. The largest absolute Gasteiger partial charge is 0.444 e. The summed E-state index contributed by atoms with van der Waals surface area (Å²) in [7, 11) is 1.80. The molecule has 2 aliphatic heterocycles. The number of alkyl carbamates (subject to hydrolysis) is 1. The van der Waals surface area contributed by atoms with Gasteiger partial charge in [0.1, 0.15) is 11.4 Å². The Morgan fingerprint density at radius 3 is 2.23 bits per heavy atom. The molecule has 9 heteroatoms. The number of hydrogen-bond acceptors (Lipinski definition) is 7. The van der Waals surface area contributed by atoms with Crippen LogP contribution in [-0.4, -0.2) is 86.5 Å². The summed E-state index contributed by atoms with van der Waals surface area (Å²) in [6.45, 7) is 12.2. The molecule has 1 aliphatic carbocycles. The van der Waals surface area contributed by atoms with E-state index in [2.05, 4.69) is 20.4 Å². The fraction of sp³-hybridized carbons (Fsp3) is 0.676. The highest BCUT2D eigenvalue weighted by atomic mass is 16.6. The first-order valence-electron chi connectivity index (χ1n) is 16.3. The van der Waals surface area contributed by atoms with E-state index in [4.69, 9.17) is 14.5 Å². The minimum atomic E-state index is -0.486. The van der Waals surface area contributed by atoms with Gasteiger partial charge in [0.05, 0.1) is 17.2 Å². The van der Waals surface area contributed by atoms with E-state index in [1.807, 2.05) is 51.1 Å². The second-order valence-electron chi connectivity index (χ2n) is 13.9. The molecule has 9 nitrogen and oxygen atoms in total. The predicted molar refractivity (Wildman–Crippen MR) is 171 cm³/mol. The third-order valence-electron chi connectivity index (χ3n) is 9.45. The van der Waals surface area contributed by atoms with Gasteiger partial charge >= 0.3 is 6.09 Å². The van der Waals surface area contributed by atoms with Crippen LogP contribution in [-0.2, 0) is 9.47 Å². The van der Waals surface area contributed by atoms with Crippen molar-refractivity contribution >= 4 is 28.7 Å². The summed E-state index contributed by atoms with van der Waals surface area (Å²) >= 11 is 0. The van der Waals surface area contributed by atoms with Crippen LogP contribution in [0.2, 0.25) is 0 Å². The summed E-state index contributed by atoms with van der Waals surface area (Å²) in [6.07, 6.45) is 7.80. The number of carbonyl (C=O) groups is 2. The molecule has 1 aromatic carbocycles. The number of methoxy groups -OCH3 is 1. The number of aromatic nitrogens is 1. The Morgan fingerprint density at radius 1 is 0.930 bits per heavy atom.